The fraction of sp³-hybridized carbons (Fsp3) is 0. The first-order valence-corrected chi connectivity index (χ1v) is 50.7. The lowest BCUT2D eigenvalue weighted by atomic mass is 9.84. The monoisotopic (exact) mass is 1870 g/mol. The highest BCUT2D eigenvalue weighted by atomic mass is 31.2. The lowest BCUT2D eigenvalue weighted by Gasteiger charge is -2.25. The summed E-state index contributed by atoms with van der Waals surface area (Å²) in [4.78, 5) is 30.4. The maximum absolute atomic E-state index is 15.0. The summed E-state index contributed by atoms with van der Waals surface area (Å²) in [6, 6.07) is 185. The first-order chi connectivity index (χ1) is 71.8. The van der Waals surface area contributed by atoms with Gasteiger partial charge in [0.05, 0.1) is 78.3 Å². The van der Waals surface area contributed by atoms with E-state index in [9.17, 15) is 4.57 Å². The van der Waals surface area contributed by atoms with E-state index < -0.39 is 7.14 Å². The minimum atomic E-state index is -3.09. The number of benzene rings is 22. The molecule has 12 heteroatoms. The SMILES string of the molecule is O=P(c1ccccc1)(c1ccccc1)c1ccc(N2c3ccccc3-c3ccccc3-n3c2nc2ccccc23)cc1.c1ccc(-c2ccc3ccc4ccc(-c5cccc(N6c7ccccc7-c7ccccc7-n7c6nc6ccccc67)c5)nc4c3n2)cc1.c1ccc(-n2c(-c3ccc(-c4ccc5c(-c6ccc7ccccc7c6)c6ccccc6c(-c6ccc7ccccc7c6)c5c4)cc3)nc3ccccc32)cc1. The normalized spacial score (nSPS) is 12.0. The highest BCUT2D eigenvalue weighted by Crippen LogP contribution is 2.53. The van der Waals surface area contributed by atoms with E-state index >= 15 is 0 Å². The van der Waals surface area contributed by atoms with Crippen LogP contribution in [0.5, 0.6) is 0 Å². The van der Waals surface area contributed by atoms with Crippen molar-refractivity contribution in [1.29, 1.82) is 0 Å². The summed E-state index contributed by atoms with van der Waals surface area (Å²) >= 11 is 0. The molecule has 2 aliphatic rings. The summed E-state index contributed by atoms with van der Waals surface area (Å²) in [5.41, 5.74) is 32.2. The third-order valence-corrected chi connectivity index (χ3v) is 31.6. The van der Waals surface area contributed by atoms with Gasteiger partial charge in [-0.05, 0) is 216 Å². The van der Waals surface area contributed by atoms with Crippen molar-refractivity contribution in [3.8, 4) is 107 Å². The molecule has 0 atom stereocenters. The molecular formula is C133H87N10OP. The van der Waals surface area contributed by atoms with Gasteiger partial charge in [-0.3, -0.25) is 23.5 Å². The summed E-state index contributed by atoms with van der Waals surface area (Å²) in [6.07, 6.45) is 0. The number of hydrogen-bond acceptors (Lipinski definition) is 8. The van der Waals surface area contributed by atoms with Crippen molar-refractivity contribution in [3.05, 3.63) is 528 Å². The number of rotatable bonds is 12. The van der Waals surface area contributed by atoms with Gasteiger partial charge in [0, 0.05) is 82.7 Å². The van der Waals surface area contributed by atoms with Crippen molar-refractivity contribution in [2.45, 2.75) is 0 Å². The van der Waals surface area contributed by atoms with Gasteiger partial charge in [0.2, 0.25) is 11.9 Å². The third kappa shape index (κ3) is 14.8. The van der Waals surface area contributed by atoms with E-state index in [0.29, 0.717) is 0 Å². The zero-order valence-corrected chi connectivity index (χ0v) is 79.5. The molecular weight excluding hydrogens is 1780 g/mol. The molecule has 29 rings (SSSR count). The zero-order valence-electron chi connectivity index (χ0n) is 78.6. The van der Waals surface area contributed by atoms with Crippen LogP contribution < -0.4 is 25.7 Å². The van der Waals surface area contributed by atoms with Gasteiger partial charge in [-0.1, -0.05) is 388 Å². The minimum absolute atomic E-state index is 0.795. The Bertz CT molecular complexity index is 9790. The molecule has 0 fully saturated rings. The molecule has 0 bridgehead atoms. The molecule has 0 aliphatic carbocycles. The van der Waals surface area contributed by atoms with Gasteiger partial charge in [0.15, 0.2) is 7.14 Å². The predicted octanol–water partition coefficient (Wildman–Crippen LogP) is 33.3. The van der Waals surface area contributed by atoms with Crippen LogP contribution in [-0.4, -0.2) is 38.6 Å². The van der Waals surface area contributed by atoms with Crippen LogP contribution >= 0.6 is 7.14 Å². The zero-order chi connectivity index (χ0) is 96.0. The average molecular weight is 1870 g/mol. The first-order valence-electron chi connectivity index (χ1n) is 49.0. The topological polar surface area (TPSA) is 103 Å². The van der Waals surface area contributed by atoms with Crippen molar-refractivity contribution in [2.75, 3.05) is 9.80 Å². The molecule has 5 aromatic heterocycles. The largest absolute Gasteiger partial charge is 0.309 e. The summed E-state index contributed by atoms with van der Waals surface area (Å²) in [5, 5.41) is 14.5. The standard InChI is InChI=1S/C53H34N2.C43H27N5.C37H26N3OP/c1-2-16-44(17-3-1)55-50-21-11-10-20-49(50)54-53(55)38-26-22-37(23-27-38)41-30-31-47-48(34-41)52(43-29-25-36-13-5-7-15-40(36)33-43)46-19-9-8-18-45(46)51(47)42-28-24-35-12-4-6-14-39(35)32-42;1-2-11-28(12-3-1)35-25-23-29-21-22-30-24-26-36(45-42(30)41(29)44-35)31-13-10-14-32(27-31)47-38-18-7-4-15-33(38)34-16-5-8-19-39(34)48-40-20-9-6-17-37(40)46-43(47)48;41-42(28-13-3-1-4-14-28,29-15-5-2-6-16-29)30-25-23-27(24-26-30)39-34-20-10-7-17-31(34)32-18-8-11-21-35(32)40-36-22-12-9-19-33(36)38-37(39)40/h1-34H;1-27H;1-26H. The maximum Gasteiger partial charge on any atom is 0.220 e. The van der Waals surface area contributed by atoms with E-state index in [2.05, 4.69) is 448 Å². The Morgan fingerprint density at radius 2 is 0.559 bits per heavy atom. The highest BCUT2D eigenvalue weighted by molar-refractivity contribution is 7.85. The number of pyridine rings is 2. The van der Waals surface area contributed by atoms with Crippen LogP contribution in [0.4, 0.5) is 34.6 Å². The summed E-state index contributed by atoms with van der Waals surface area (Å²) in [6.45, 7) is 0. The van der Waals surface area contributed by atoms with Crippen LogP contribution in [0.15, 0.2) is 528 Å². The molecule has 0 saturated heterocycles. The van der Waals surface area contributed by atoms with E-state index in [1.54, 1.807) is 0 Å². The van der Waals surface area contributed by atoms with E-state index in [1.807, 2.05) is 103 Å². The first kappa shape index (κ1) is 85.2. The van der Waals surface area contributed by atoms with Crippen molar-refractivity contribution in [3.63, 3.8) is 0 Å². The van der Waals surface area contributed by atoms with Gasteiger partial charge in [-0.25, -0.2) is 24.9 Å². The average Bonchev–Trinajstić information content (AvgIpc) is 1.68. The van der Waals surface area contributed by atoms with Gasteiger partial charge in [0.25, 0.3) is 0 Å². The molecule has 0 radical (unpaired) electrons. The molecule has 0 spiro atoms. The molecule has 7 heterocycles. The van der Waals surface area contributed by atoms with Crippen LogP contribution in [-0.2, 0) is 4.57 Å². The number of para-hydroxylation sites is 11. The van der Waals surface area contributed by atoms with E-state index in [-0.39, 0.29) is 0 Å². The number of aromatic nitrogens is 8. The quantitative estimate of drug-likeness (QED) is 0.0677. The van der Waals surface area contributed by atoms with Crippen LogP contribution in [0.2, 0.25) is 0 Å². The maximum atomic E-state index is 15.0. The molecule has 0 unspecified atom stereocenters. The molecule has 680 valence electrons. The number of imidazole rings is 3. The third-order valence-electron chi connectivity index (χ3n) is 28.5. The van der Waals surface area contributed by atoms with Crippen LogP contribution in [0.3, 0.4) is 0 Å². The molecule has 11 nitrogen and oxygen atoms in total. The number of nitrogens with zero attached hydrogens (tertiary/aromatic N) is 10. The lowest BCUT2D eigenvalue weighted by Crippen LogP contribution is -2.25. The van der Waals surface area contributed by atoms with E-state index in [4.69, 9.17) is 24.9 Å². The second kappa shape index (κ2) is 35.7. The Balaban J connectivity index is 0.000000109. The fourth-order valence-corrected chi connectivity index (χ4v) is 24.3. The fourth-order valence-electron chi connectivity index (χ4n) is 21.7. The Morgan fingerprint density at radius 1 is 0.193 bits per heavy atom. The predicted molar refractivity (Wildman–Crippen MR) is 603 cm³/mol. The van der Waals surface area contributed by atoms with Crippen molar-refractivity contribution in [1.82, 2.24) is 38.6 Å². The highest BCUT2D eigenvalue weighted by Gasteiger charge is 2.35. The van der Waals surface area contributed by atoms with Gasteiger partial charge in [-0.2, -0.15) is 0 Å². The van der Waals surface area contributed by atoms with Gasteiger partial charge in [0.1, 0.15) is 5.82 Å². The molecule has 145 heavy (non-hydrogen) atoms. The minimum Gasteiger partial charge on any atom is -0.309 e. The van der Waals surface area contributed by atoms with Crippen molar-refractivity contribution in [2.24, 2.45) is 0 Å². The lowest BCUT2D eigenvalue weighted by molar-refractivity contribution is 0.592. The number of anilines is 6. The summed E-state index contributed by atoms with van der Waals surface area (Å²) < 4.78 is 21.8. The van der Waals surface area contributed by atoms with Gasteiger partial charge in [-0.15, -0.1) is 0 Å². The van der Waals surface area contributed by atoms with Crippen LogP contribution in [0.1, 0.15) is 0 Å². The molecule has 0 saturated carbocycles. The second-order valence-electron chi connectivity index (χ2n) is 36.9. The Morgan fingerprint density at radius 3 is 1.10 bits per heavy atom. The van der Waals surface area contributed by atoms with Crippen molar-refractivity contribution >= 4 is 156 Å². The second-order valence-corrected chi connectivity index (χ2v) is 39.6. The smallest absolute Gasteiger partial charge is 0.220 e. The number of fused-ring (bicyclic) bond motifs is 22. The van der Waals surface area contributed by atoms with Gasteiger partial charge >= 0.3 is 0 Å². The summed E-state index contributed by atoms with van der Waals surface area (Å²) in [5.74, 6) is 2.60. The molecule has 2 aliphatic heterocycles. The molecule has 22 aromatic carbocycles. The van der Waals surface area contributed by atoms with Crippen LogP contribution in [0, 0.1) is 0 Å². The number of hydrogen-bond donors (Lipinski definition) is 0. The van der Waals surface area contributed by atoms with Gasteiger partial charge < -0.3 is 4.57 Å². The Labute approximate surface area is 837 Å². The van der Waals surface area contributed by atoms with Crippen molar-refractivity contribution < 1.29 is 4.57 Å². The van der Waals surface area contributed by atoms with E-state index in [1.165, 1.54) is 76.5 Å². The summed E-state index contributed by atoms with van der Waals surface area (Å²) in [7, 11) is -3.09. The van der Waals surface area contributed by atoms with E-state index in [0.717, 1.165) is 179 Å². The molecule has 27 aromatic rings. The van der Waals surface area contributed by atoms with Crippen LogP contribution in [0.25, 0.3) is 205 Å². The molecule has 0 N–H and O–H groups in total. The Kier molecular flexibility index (Phi) is 21.0. The Hall–Kier alpha value is -19.1. The molecule has 0 amide bonds.